The van der Waals surface area contributed by atoms with Gasteiger partial charge in [-0.2, -0.15) is 0 Å². The summed E-state index contributed by atoms with van der Waals surface area (Å²) < 4.78 is 27.8. The van der Waals surface area contributed by atoms with E-state index in [1.165, 1.54) is 12.1 Å². The number of pyridine rings is 1. The van der Waals surface area contributed by atoms with E-state index in [1.54, 1.807) is 30.5 Å². The summed E-state index contributed by atoms with van der Waals surface area (Å²) in [6.45, 7) is 0.0402. The molecule has 0 spiro atoms. The van der Waals surface area contributed by atoms with Gasteiger partial charge in [0, 0.05) is 6.20 Å². The van der Waals surface area contributed by atoms with Gasteiger partial charge in [-0.05, 0) is 67.2 Å². The van der Waals surface area contributed by atoms with Crippen LogP contribution in [0.1, 0.15) is 47.3 Å². The molecule has 1 heterocycles. The number of carboxylic acid groups (broad SMARTS) is 1. The summed E-state index contributed by atoms with van der Waals surface area (Å²) in [6, 6.07) is 9.51. The number of nitrogens with zero attached hydrogens (tertiary/aromatic N) is 1. The largest absolute Gasteiger partial charge is 0.478 e. The highest BCUT2D eigenvalue weighted by Crippen LogP contribution is 2.29. The highest BCUT2D eigenvalue weighted by atomic mass is 32.2. The first-order valence-corrected chi connectivity index (χ1v) is 9.91. The van der Waals surface area contributed by atoms with Crippen molar-refractivity contribution in [2.75, 3.05) is 0 Å². The molecule has 26 heavy (non-hydrogen) atoms. The molecule has 1 aromatic heterocycles. The zero-order valence-corrected chi connectivity index (χ0v) is 15.0. The summed E-state index contributed by atoms with van der Waals surface area (Å²) in [7, 11) is -3.86. The molecule has 3 rings (SSSR count). The lowest BCUT2D eigenvalue weighted by Gasteiger charge is -2.15. The number of hydrogen-bond donors (Lipinski definition) is 2. The fourth-order valence-corrected chi connectivity index (χ4v) is 3.99. The average Bonchev–Trinajstić information content (AvgIpc) is 2.67. The molecule has 0 atom stereocenters. The Morgan fingerprint density at radius 1 is 1.19 bits per heavy atom. The van der Waals surface area contributed by atoms with Crippen LogP contribution in [0.4, 0.5) is 0 Å². The topological polar surface area (TPSA) is 96.4 Å². The SMILES string of the molecule is O=C(O)c1cc(C2=CCCCC2)cc(S(=O)(=O)NCc2ccccn2)c1. The van der Waals surface area contributed by atoms with E-state index in [2.05, 4.69) is 15.8 Å². The fraction of sp³-hybridized carbons (Fsp3) is 0.263. The number of sulfonamides is 1. The molecule has 6 nitrogen and oxygen atoms in total. The molecule has 0 amide bonds. The second-order valence-corrected chi connectivity index (χ2v) is 7.94. The van der Waals surface area contributed by atoms with E-state index in [-0.39, 0.29) is 17.0 Å². The van der Waals surface area contributed by atoms with Crippen molar-refractivity contribution in [3.8, 4) is 0 Å². The lowest BCUT2D eigenvalue weighted by Crippen LogP contribution is -2.24. The normalized spacial score (nSPS) is 14.7. The Bertz CT molecular complexity index is 937. The Hall–Kier alpha value is -2.51. The molecule has 1 aliphatic carbocycles. The van der Waals surface area contributed by atoms with Crippen molar-refractivity contribution in [3.63, 3.8) is 0 Å². The molecule has 136 valence electrons. The van der Waals surface area contributed by atoms with Gasteiger partial charge < -0.3 is 5.11 Å². The van der Waals surface area contributed by atoms with E-state index in [0.717, 1.165) is 31.3 Å². The standard InChI is InChI=1S/C19H20N2O4S/c22-19(23)16-10-15(14-6-2-1-3-7-14)11-18(12-16)26(24,25)21-13-17-8-4-5-9-20-17/h4-6,8-12,21H,1-3,7,13H2,(H,22,23). The molecule has 7 heteroatoms. The van der Waals surface area contributed by atoms with Gasteiger partial charge in [0.25, 0.3) is 0 Å². The van der Waals surface area contributed by atoms with Crippen LogP contribution in [-0.2, 0) is 16.6 Å². The molecule has 0 bridgehead atoms. The van der Waals surface area contributed by atoms with Crippen LogP contribution in [0.2, 0.25) is 0 Å². The number of rotatable bonds is 6. The first-order valence-electron chi connectivity index (χ1n) is 8.43. The van der Waals surface area contributed by atoms with Gasteiger partial charge in [-0.1, -0.05) is 12.1 Å². The van der Waals surface area contributed by atoms with Gasteiger partial charge in [0.1, 0.15) is 0 Å². The van der Waals surface area contributed by atoms with Gasteiger partial charge in [0.05, 0.1) is 22.7 Å². The number of hydrogen-bond acceptors (Lipinski definition) is 4. The third kappa shape index (κ3) is 4.36. The van der Waals surface area contributed by atoms with Crippen LogP contribution in [-0.4, -0.2) is 24.5 Å². The third-order valence-electron chi connectivity index (χ3n) is 4.29. The number of aromatic carboxylic acids is 1. The molecular weight excluding hydrogens is 352 g/mol. The molecule has 0 saturated heterocycles. The van der Waals surface area contributed by atoms with Crippen molar-refractivity contribution in [2.24, 2.45) is 0 Å². The van der Waals surface area contributed by atoms with Gasteiger partial charge in [0.15, 0.2) is 0 Å². The lowest BCUT2D eigenvalue weighted by molar-refractivity contribution is 0.0696. The van der Waals surface area contributed by atoms with E-state index in [0.29, 0.717) is 11.3 Å². The third-order valence-corrected chi connectivity index (χ3v) is 5.68. The van der Waals surface area contributed by atoms with Crippen LogP contribution in [0.3, 0.4) is 0 Å². The number of allylic oxidation sites excluding steroid dienone is 2. The Balaban J connectivity index is 1.93. The maximum Gasteiger partial charge on any atom is 0.335 e. The molecule has 1 aromatic carbocycles. The van der Waals surface area contributed by atoms with Crippen LogP contribution in [0, 0.1) is 0 Å². The molecule has 0 radical (unpaired) electrons. The Morgan fingerprint density at radius 2 is 2.04 bits per heavy atom. The van der Waals surface area contributed by atoms with Crippen LogP contribution < -0.4 is 4.72 Å². The maximum absolute atomic E-state index is 12.7. The van der Waals surface area contributed by atoms with Crippen molar-refractivity contribution >= 4 is 21.6 Å². The molecule has 2 N–H and O–H groups in total. The number of nitrogens with one attached hydrogen (secondary N) is 1. The number of benzene rings is 1. The molecular formula is C19H20N2O4S. The number of aromatic nitrogens is 1. The van der Waals surface area contributed by atoms with Crippen molar-refractivity contribution in [3.05, 3.63) is 65.5 Å². The summed E-state index contributed by atoms with van der Waals surface area (Å²) in [5, 5.41) is 9.36. The number of carbonyl (C=O) groups is 1. The second-order valence-electron chi connectivity index (χ2n) is 6.17. The van der Waals surface area contributed by atoms with Crippen LogP contribution in [0.5, 0.6) is 0 Å². The fourth-order valence-electron chi connectivity index (χ4n) is 2.92. The van der Waals surface area contributed by atoms with Gasteiger partial charge in [0.2, 0.25) is 10.0 Å². The summed E-state index contributed by atoms with van der Waals surface area (Å²) in [4.78, 5) is 15.5. The molecule has 0 saturated carbocycles. The zero-order valence-electron chi connectivity index (χ0n) is 14.2. The minimum Gasteiger partial charge on any atom is -0.478 e. The minimum atomic E-state index is -3.86. The summed E-state index contributed by atoms with van der Waals surface area (Å²) >= 11 is 0. The minimum absolute atomic E-state index is 0.0350. The predicted octanol–water partition coefficient (Wildman–Crippen LogP) is 3.22. The highest BCUT2D eigenvalue weighted by molar-refractivity contribution is 7.89. The molecule has 1 aliphatic rings. The van der Waals surface area contributed by atoms with Gasteiger partial charge in [-0.15, -0.1) is 0 Å². The average molecular weight is 372 g/mol. The Kier molecular flexibility index (Phi) is 5.49. The monoisotopic (exact) mass is 372 g/mol. The molecule has 0 aliphatic heterocycles. The number of carboxylic acids is 1. The maximum atomic E-state index is 12.7. The van der Waals surface area contributed by atoms with E-state index in [4.69, 9.17) is 0 Å². The lowest BCUT2D eigenvalue weighted by atomic mass is 9.93. The van der Waals surface area contributed by atoms with Gasteiger partial charge in [-0.25, -0.2) is 17.9 Å². The summed E-state index contributed by atoms with van der Waals surface area (Å²) in [5.74, 6) is -1.15. The van der Waals surface area contributed by atoms with E-state index in [1.807, 2.05) is 0 Å². The van der Waals surface area contributed by atoms with Crippen molar-refractivity contribution < 1.29 is 18.3 Å². The van der Waals surface area contributed by atoms with Gasteiger partial charge >= 0.3 is 5.97 Å². The van der Waals surface area contributed by atoms with E-state index in [9.17, 15) is 18.3 Å². The zero-order chi connectivity index (χ0) is 18.6. The smallest absolute Gasteiger partial charge is 0.335 e. The Morgan fingerprint density at radius 3 is 2.69 bits per heavy atom. The van der Waals surface area contributed by atoms with Crippen molar-refractivity contribution in [1.82, 2.24) is 9.71 Å². The van der Waals surface area contributed by atoms with Crippen LogP contribution in [0.25, 0.3) is 5.57 Å². The Labute approximate surface area is 152 Å². The first-order chi connectivity index (χ1) is 12.5. The van der Waals surface area contributed by atoms with Gasteiger partial charge in [-0.3, -0.25) is 4.98 Å². The molecule has 0 unspecified atom stereocenters. The molecule has 2 aromatic rings. The van der Waals surface area contributed by atoms with Crippen molar-refractivity contribution in [2.45, 2.75) is 37.1 Å². The van der Waals surface area contributed by atoms with Crippen LogP contribution >= 0.6 is 0 Å². The van der Waals surface area contributed by atoms with Crippen LogP contribution in [0.15, 0.2) is 53.6 Å². The predicted molar refractivity (Wildman–Crippen MR) is 98.1 cm³/mol. The highest BCUT2D eigenvalue weighted by Gasteiger charge is 2.19. The molecule has 0 fully saturated rings. The van der Waals surface area contributed by atoms with Crippen molar-refractivity contribution in [1.29, 1.82) is 0 Å². The van der Waals surface area contributed by atoms with E-state index < -0.39 is 16.0 Å². The summed E-state index contributed by atoms with van der Waals surface area (Å²) in [5.41, 5.74) is 2.20. The first kappa shape index (κ1) is 18.3. The quantitative estimate of drug-likeness (QED) is 0.812. The second kappa shape index (κ2) is 7.80. The summed E-state index contributed by atoms with van der Waals surface area (Å²) in [6.07, 6.45) is 7.50. The van der Waals surface area contributed by atoms with E-state index >= 15 is 0 Å².